The summed E-state index contributed by atoms with van der Waals surface area (Å²) in [6.45, 7) is 4.24. The molecule has 0 unspecified atom stereocenters. The molecule has 0 spiro atoms. The van der Waals surface area contributed by atoms with Crippen molar-refractivity contribution in [1.29, 1.82) is 0 Å². The Morgan fingerprint density at radius 3 is 2.38 bits per heavy atom. The molecule has 0 aromatic carbocycles. The molecule has 0 atom stereocenters. The molecular weight excluding hydrogens is 315 g/mol. The molecule has 5 nitrogen and oxygen atoms in total. The van der Waals surface area contributed by atoms with Gasteiger partial charge in [0, 0.05) is 5.56 Å². The molecule has 114 valence electrons. The largest absolute Gasteiger partial charge is 0.464 e. The average molecular weight is 331 g/mol. The first-order valence-corrected chi connectivity index (χ1v) is 7.41. The molecule has 1 heterocycles. The zero-order valence-electron chi connectivity index (χ0n) is 11.8. The van der Waals surface area contributed by atoms with Crippen LogP contribution in [0, 0.1) is 5.92 Å². The predicted octanol–water partition coefficient (Wildman–Crippen LogP) is 2.85. The predicted molar refractivity (Wildman–Crippen MR) is 79.5 cm³/mol. The standard InChI is InChI=1S/C14H16Cl2N2O3/c1-8(2)7-21-13(20)14(3-4-14)18-12(19)9-5-10(15)17-11(16)6-9/h5-6,8H,3-4,7H2,1-2H3,(H,18,19). The summed E-state index contributed by atoms with van der Waals surface area (Å²) in [5, 5.41) is 2.95. The molecule has 1 fully saturated rings. The van der Waals surface area contributed by atoms with Crippen molar-refractivity contribution in [1.82, 2.24) is 10.3 Å². The number of amides is 1. The number of ether oxygens (including phenoxy) is 1. The highest BCUT2D eigenvalue weighted by Crippen LogP contribution is 2.37. The van der Waals surface area contributed by atoms with E-state index in [4.69, 9.17) is 27.9 Å². The summed E-state index contributed by atoms with van der Waals surface area (Å²) < 4.78 is 5.20. The smallest absolute Gasteiger partial charge is 0.331 e. The van der Waals surface area contributed by atoms with Crippen LogP contribution in [-0.4, -0.2) is 29.0 Å². The van der Waals surface area contributed by atoms with E-state index in [-0.39, 0.29) is 21.8 Å². The Labute approximate surface area is 133 Å². The van der Waals surface area contributed by atoms with E-state index in [1.807, 2.05) is 13.8 Å². The summed E-state index contributed by atoms with van der Waals surface area (Å²) in [5.41, 5.74) is -0.642. The number of esters is 1. The number of pyridine rings is 1. The molecule has 1 aliphatic rings. The maximum absolute atomic E-state index is 12.2. The minimum Gasteiger partial charge on any atom is -0.464 e. The van der Waals surface area contributed by atoms with E-state index in [0.717, 1.165) is 0 Å². The van der Waals surface area contributed by atoms with Crippen molar-refractivity contribution in [3.8, 4) is 0 Å². The fourth-order valence-electron chi connectivity index (χ4n) is 1.77. The van der Waals surface area contributed by atoms with Gasteiger partial charge in [-0.25, -0.2) is 9.78 Å². The van der Waals surface area contributed by atoms with Gasteiger partial charge in [-0.1, -0.05) is 37.0 Å². The molecule has 0 bridgehead atoms. The van der Waals surface area contributed by atoms with Crippen molar-refractivity contribution in [3.63, 3.8) is 0 Å². The van der Waals surface area contributed by atoms with Crippen LogP contribution >= 0.6 is 23.2 Å². The van der Waals surface area contributed by atoms with Gasteiger partial charge in [-0.2, -0.15) is 0 Å². The lowest BCUT2D eigenvalue weighted by Crippen LogP contribution is -2.44. The molecule has 0 saturated heterocycles. The molecule has 1 aromatic rings. The van der Waals surface area contributed by atoms with Crippen LogP contribution in [0.3, 0.4) is 0 Å². The first-order chi connectivity index (χ1) is 9.82. The van der Waals surface area contributed by atoms with Gasteiger partial charge in [-0.15, -0.1) is 0 Å². The van der Waals surface area contributed by atoms with Crippen LogP contribution in [0.5, 0.6) is 0 Å². The van der Waals surface area contributed by atoms with E-state index in [9.17, 15) is 9.59 Å². The summed E-state index contributed by atoms with van der Waals surface area (Å²) in [6, 6.07) is 2.80. The normalized spacial score (nSPS) is 15.7. The number of hydrogen-bond acceptors (Lipinski definition) is 4. The summed E-state index contributed by atoms with van der Waals surface area (Å²) in [6.07, 6.45) is 1.14. The Bertz CT molecular complexity index is 551. The maximum atomic E-state index is 12.2. The number of nitrogens with one attached hydrogen (secondary N) is 1. The summed E-state index contributed by atoms with van der Waals surface area (Å²) in [5.74, 6) is -0.561. The maximum Gasteiger partial charge on any atom is 0.331 e. The number of carbonyl (C=O) groups is 2. The van der Waals surface area contributed by atoms with Gasteiger partial charge in [-0.05, 0) is 30.9 Å². The third-order valence-corrected chi connectivity index (χ3v) is 3.45. The van der Waals surface area contributed by atoms with Gasteiger partial charge in [0.2, 0.25) is 0 Å². The fourth-order valence-corrected chi connectivity index (χ4v) is 2.23. The zero-order valence-corrected chi connectivity index (χ0v) is 13.3. The van der Waals surface area contributed by atoms with Crippen molar-refractivity contribution in [3.05, 3.63) is 28.0 Å². The van der Waals surface area contributed by atoms with Gasteiger partial charge in [0.1, 0.15) is 15.8 Å². The van der Waals surface area contributed by atoms with E-state index < -0.39 is 17.4 Å². The van der Waals surface area contributed by atoms with Crippen LogP contribution < -0.4 is 5.32 Å². The quantitative estimate of drug-likeness (QED) is 0.665. The number of halogens is 2. The molecule has 0 radical (unpaired) electrons. The van der Waals surface area contributed by atoms with E-state index in [1.165, 1.54) is 12.1 Å². The number of rotatable bonds is 5. The molecule has 1 saturated carbocycles. The Balaban J connectivity index is 2.03. The van der Waals surface area contributed by atoms with E-state index >= 15 is 0 Å². The number of carbonyl (C=O) groups excluding carboxylic acids is 2. The minimum absolute atomic E-state index is 0.125. The highest BCUT2D eigenvalue weighted by molar-refractivity contribution is 6.33. The number of hydrogen-bond donors (Lipinski definition) is 1. The van der Waals surface area contributed by atoms with Crippen LogP contribution in [0.2, 0.25) is 10.3 Å². The van der Waals surface area contributed by atoms with E-state index in [2.05, 4.69) is 10.3 Å². The molecular formula is C14H16Cl2N2O3. The Morgan fingerprint density at radius 2 is 1.90 bits per heavy atom. The van der Waals surface area contributed by atoms with Gasteiger partial charge >= 0.3 is 5.97 Å². The molecule has 0 aliphatic heterocycles. The van der Waals surface area contributed by atoms with Gasteiger partial charge in [0.25, 0.3) is 5.91 Å². The summed E-state index contributed by atoms with van der Waals surface area (Å²) in [4.78, 5) is 28.0. The highest BCUT2D eigenvalue weighted by atomic mass is 35.5. The van der Waals surface area contributed by atoms with Gasteiger partial charge < -0.3 is 10.1 Å². The van der Waals surface area contributed by atoms with Gasteiger partial charge in [0.15, 0.2) is 0 Å². The van der Waals surface area contributed by atoms with E-state index in [0.29, 0.717) is 19.4 Å². The minimum atomic E-state index is -0.909. The lowest BCUT2D eigenvalue weighted by atomic mass is 10.2. The Hall–Kier alpha value is -1.33. The number of nitrogens with zero attached hydrogens (tertiary/aromatic N) is 1. The number of aromatic nitrogens is 1. The van der Waals surface area contributed by atoms with Crippen LogP contribution in [0.15, 0.2) is 12.1 Å². The summed E-state index contributed by atoms with van der Waals surface area (Å²) in [7, 11) is 0. The highest BCUT2D eigenvalue weighted by Gasteiger charge is 2.52. The zero-order chi connectivity index (χ0) is 15.6. The van der Waals surface area contributed by atoms with Crippen molar-refractivity contribution in [2.24, 2.45) is 5.92 Å². The molecule has 2 rings (SSSR count). The van der Waals surface area contributed by atoms with Crippen molar-refractivity contribution < 1.29 is 14.3 Å². The second-order valence-electron chi connectivity index (χ2n) is 5.53. The van der Waals surface area contributed by atoms with Crippen LogP contribution in [0.4, 0.5) is 0 Å². The monoisotopic (exact) mass is 330 g/mol. The van der Waals surface area contributed by atoms with Crippen LogP contribution in [0.25, 0.3) is 0 Å². The second kappa shape index (κ2) is 6.20. The SMILES string of the molecule is CC(C)COC(=O)C1(NC(=O)c2cc(Cl)nc(Cl)c2)CC1. The van der Waals surface area contributed by atoms with Crippen LogP contribution in [0.1, 0.15) is 37.0 Å². The molecule has 1 aromatic heterocycles. The third-order valence-electron chi connectivity index (χ3n) is 3.07. The van der Waals surface area contributed by atoms with Crippen LogP contribution in [-0.2, 0) is 9.53 Å². The van der Waals surface area contributed by atoms with Crippen molar-refractivity contribution in [2.75, 3.05) is 6.61 Å². The summed E-state index contributed by atoms with van der Waals surface area (Å²) >= 11 is 11.5. The average Bonchev–Trinajstić information content (AvgIpc) is 3.15. The Kier molecular flexibility index (Phi) is 4.74. The first-order valence-electron chi connectivity index (χ1n) is 6.65. The van der Waals surface area contributed by atoms with Crippen molar-refractivity contribution in [2.45, 2.75) is 32.2 Å². The molecule has 1 amide bonds. The van der Waals surface area contributed by atoms with Crippen molar-refractivity contribution >= 4 is 35.1 Å². The second-order valence-corrected chi connectivity index (χ2v) is 6.30. The first kappa shape index (κ1) is 16.0. The fraction of sp³-hybridized carbons (Fsp3) is 0.500. The van der Waals surface area contributed by atoms with E-state index in [1.54, 1.807) is 0 Å². The third kappa shape index (κ3) is 4.08. The lowest BCUT2D eigenvalue weighted by Gasteiger charge is -2.17. The lowest BCUT2D eigenvalue weighted by molar-refractivity contribution is -0.148. The Morgan fingerprint density at radius 1 is 1.33 bits per heavy atom. The molecule has 7 heteroatoms. The molecule has 1 aliphatic carbocycles. The van der Waals surface area contributed by atoms with Gasteiger partial charge in [0.05, 0.1) is 6.61 Å². The molecule has 1 N–H and O–H groups in total. The molecule has 21 heavy (non-hydrogen) atoms. The van der Waals surface area contributed by atoms with Gasteiger partial charge in [-0.3, -0.25) is 4.79 Å². The topological polar surface area (TPSA) is 68.3 Å².